The molecule has 0 aliphatic heterocycles. The fourth-order valence-corrected chi connectivity index (χ4v) is 8.19. The van der Waals surface area contributed by atoms with Crippen molar-refractivity contribution in [3.63, 3.8) is 0 Å². The molecule has 0 aliphatic rings. The standard InChI is InChI=1S/C42H26S/c1-2-11-27(12-3-1)28-21-23-30(24-22-28)39-32-15-6-8-17-34(32)40(35-18-9-7-16-33(35)39)36-19-10-20-37-41-31-14-5-4-13-29(31)25-26-38(41)43-42(36)37/h1-26H. The predicted molar refractivity (Wildman–Crippen MR) is 188 cm³/mol. The summed E-state index contributed by atoms with van der Waals surface area (Å²) in [6.07, 6.45) is 0. The van der Waals surface area contributed by atoms with E-state index in [0.29, 0.717) is 0 Å². The van der Waals surface area contributed by atoms with E-state index in [9.17, 15) is 0 Å². The Hall–Kier alpha value is -5.24. The van der Waals surface area contributed by atoms with Crippen molar-refractivity contribution < 1.29 is 0 Å². The van der Waals surface area contributed by atoms with Gasteiger partial charge < -0.3 is 0 Å². The molecule has 0 fully saturated rings. The lowest BCUT2D eigenvalue weighted by Gasteiger charge is -2.18. The molecule has 200 valence electrons. The van der Waals surface area contributed by atoms with Gasteiger partial charge in [0.25, 0.3) is 0 Å². The van der Waals surface area contributed by atoms with Gasteiger partial charge in [0.1, 0.15) is 0 Å². The minimum Gasteiger partial charge on any atom is -0.135 e. The van der Waals surface area contributed by atoms with Gasteiger partial charge in [-0.25, -0.2) is 0 Å². The van der Waals surface area contributed by atoms with Crippen LogP contribution in [0.15, 0.2) is 158 Å². The highest BCUT2D eigenvalue weighted by Crippen LogP contribution is 2.48. The number of thiophene rings is 1. The van der Waals surface area contributed by atoms with Crippen LogP contribution in [-0.2, 0) is 0 Å². The smallest absolute Gasteiger partial charge is 0.0434 e. The molecule has 0 aliphatic carbocycles. The normalized spacial score (nSPS) is 11.7. The van der Waals surface area contributed by atoms with Crippen LogP contribution in [0.2, 0.25) is 0 Å². The Morgan fingerprint density at radius 2 is 0.860 bits per heavy atom. The van der Waals surface area contributed by atoms with Crippen LogP contribution in [0.25, 0.3) is 85.9 Å². The fraction of sp³-hybridized carbons (Fsp3) is 0. The summed E-state index contributed by atoms with van der Waals surface area (Å²) < 4.78 is 2.69. The molecule has 1 aromatic heterocycles. The number of benzene rings is 8. The summed E-state index contributed by atoms with van der Waals surface area (Å²) in [5, 5.41) is 10.5. The van der Waals surface area contributed by atoms with Gasteiger partial charge in [-0.2, -0.15) is 0 Å². The molecule has 9 rings (SSSR count). The SMILES string of the molecule is c1ccc(-c2ccc(-c3c4ccccc4c(-c4cccc5c4sc4ccc6ccccc6c45)c4ccccc34)cc2)cc1. The van der Waals surface area contributed by atoms with Gasteiger partial charge in [0.2, 0.25) is 0 Å². The molecule has 0 spiro atoms. The quantitative estimate of drug-likeness (QED) is 0.188. The average Bonchev–Trinajstić information content (AvgIpc) is 3.47. The summed E-state index contributed by atoms with van der Waals surface area (Å²) in [4.78, 5) is 0. The van der Waals surface area contributed by atoms with Gasteiger partial charge in [-0.3, -0.25) is 0 Å². The van der Waals surface area contributed by atoms with E-state index in [0.717, 1.165) is 0 Å². The molecular formula is C42H26S. The summed E-state index contributed by atoms with van der Waals surface area (Å²) >= 11 is 1.92. The Bertz CT molecular complexity index is 2420. The van der Waals surface area contributed by atoms with E-state index in [-0.39, 0.29) is 0 Å². The van der Waals surface area contributed by atoms with Crippen LogP contribution < -0.4 is 0 Å². The Kier molecular flexibility index (Phi) is 5.47. The number of rotatable bonds is 3. The van der Waals surface area contributed by atoms with Gasteiger partial charge in [-0.05, 0) is 66.2 Å². The van der Waals surface area contributed by atoms with E-state index >= 15 is 0 Å². The minimum absolute atomic E-state index is 1.23. The van der Waals surface area contributed by atoms with E-state index in [1.165, 1.54) is 85.9 Å². The second kappa shape index (κ2) is 9.66. The largest absolute Gasteiger partial charge is 0.135 e. The molecule has 0 atom stereocenters. The summed E-state index contributed by atoms with van der Waals surface area (Å²) in [6, 6.07) is 57.8. The van der Waals surface area contributed by atoms with Crippen LogP contribution in [-0.4, -0.2) is 0 Å². The Labute approximate surface area is 254 Å². The third-order valence-electron chi connectivity index (χ3n) is 8.87. The molecule has 0 unspecified atom stereocenters. The van der Waals surface area contributed by atoms with Crippen molar-refractivity contribution in [3.8, 4) is 33.4 Å². The molecule has 0 saturated carbocycles. The Morgan fingerprint density at radius 1 is 0.326 bits per heavy atom. The highest BCUT2D eigenvalue weighted by Gasteiger charge is 2.19. The van der Waals surface area contributed by atoms with Gasteiger partial charge in [-0.1, -0.05) is 152 Å². The van der Waals surface area contributed by atoms with Gasteiger partial charge in [-0.15, -0.1) is 11.3 Å². The second-order valence-electron chi connectivity index (χ2n) is 11.2. The van der Waals surface area contributed by atoms with Crippen LogP contribution in [0.5, 0.6) is 0 Å². The Morgan fingerprint density at radius 3 is 1.56 bits per heavy atom. The molecular weight excluding hydrogens is 537 g/mol. The van der Waals surface area contributed by atoms with Crippen molar-refractivity contribution in [1.82, 2.24) is 0 Å². The van der Waals surface area contributed by atoms with Crippen molar-refractivity contribution >= 4 is 63.8 Å². The van der Waals surface area contributed by atoms with Gasteiger partial charge in [0.15, 0.2) is 0 Å². The zero-order valence-corrected chi connectivity index (χ0v) is 24.2. The topological polar surface area (TPSA) is 0 Å². The number of fused-ring (bicyclic) bond motifs is 7. The summed E-state index contributed by atoms with van der Waals surface area (Å²) in [6.45, 7) is 0. The zero-order valence-electron chi connectivity index (χ0n) is 23.4. The first-order valence-electron chi connectivity index (χ1n) is 14.8. The molecule has 0 bridgehead atoms. The molecule has 0 N–H and O–H groups in total. The maximum Gasteiger partial charge on any atom is 0.0434 e. The molecule has 0 radical (unpaired) electrons. The van der Waals surface area contributed by atoms with Crippen LogP contribution in [0.4, 0.5) is 0 Å². The molecule has 43 heavy (non-hydrogen) atoms. The first-order valence-corrected chi connectivity index (χ1v) is 15.6. The van der Waals surface area contributed by atoms with Crippen molar-refractivity contribution in [3.05, 3.63) is 158 Å². The first-order chi connectivity index (χ1) is 21.3. The average molecular weight is 563 g/mol. The van der Waals surface area contributed by atoms with Crippen molar-refractivity contribution in [1.29, 1.82) is 0 Å². The fourth-order valence-electron chi connectivity index (χ4n) is 6.95. The summed E-state index contributed by atoms with van der Waals surface area (Å²) in [5.41, 5.74) is 7.63. The lowest BCUT2D eigenvalue weighted by atomic mass is 9.85. The molecule has 0 nitrogen and oxygen atoms in total. The van der Waals surface area contributed by atoms with E-state index in [1.807, 2.05) is 11.3 Å². The van der Waals surface area contributed by atoms with E-state index in [4.69, 9.17) is 0 Å². The number of hydrogen-bond donors (Lipinski definition) is 0. The van der Waals surface area contributed by atoms with Gasteiger partial charge >= 0.3 is 0 Å². The van der Waals surface area contributed by atoms with Crippen LogP contribution >= 0.6 is 11.3 Å². The lowest BCUT2D eigenvalue weighted by molar-refractivity contribution is 1.61. The van der Waals surface area contributed by atoms with Crippen LogP contribution in [0.1, 0.15) is 0 Å². The highest BCUT2D eigenvalue weighted by atomic mass is 32.1. The van der Waals surface area contributed by atoms with E-state index in [2.05, 4.69) is 158 Å². The van der Waals surface area contributed by atoms with Gasteiger partial charge in [0, 0.05) is 25.7 Å². The zero-order chi connectivity index (χ0) is 28.3. The van der Waals surface area contributed by atoms with Crippen molar-refractivity contribution in [2.75, 3.05) is 0 Å². The van der Waals surface area contributed by atoms with Crippen LogP contribution in [0.3, 0.4) is 0 Å². The third-order valence-corrected chi connectivity index (χ3v) is 10.1. The predicted octanol–water partition coefficient (Wildman–Crippen LogP) is 12.5. The van der Waals surface area contributed by atoms with E-state index < -0.39 is 0 Å². The van der Waals surface area contributed by atoms with Crippen LogP contribution in [0, 0.1) is 0 Å². The molecule has 1 heteroatoms. The summed E-state index contributed by atoms with van der Waals surface area (Å²) in [7, 11) is 0. The monoisotopic (exact) mass is 562 g/mol. The van der Waals surface area contributed by atoms with E-state index in [1.54, 1.807) is 0 Å². The maximum atomic E-state index is 2.32. The maximum absolute atomic E-state index is 2.32. The number of hydrogen-bond acceptors (Lipinski definition) is 1. The van der Waals surface area contributed by atoms with Gasteiger partial charge in [0.05, 0.1) is 0 Å². The third kappa shape index (κ3) is 3.75. The highest BCUT2D eigenvalue weighted by molar-refractivity contribution is 7.26. The molecule has 0 saturated heterocycles. The second-order valence-corrected chi connectivity index (χ2v) is 12.3. The first kappa shape index (κ1) is 24.4. The Balaban J connectivity index is 1.34. The lowest BCUT2D eigenvalue weighted by Crippen LogP contribution is -1.91. The minimum atomic E-state index is 1.23. The molecule has 9 aromatic rings. The summed E-state index contributed by atoms with van der Waals surface area (Å²) in [5.74, 6) is 0. The van der Waals surface area contributed by atoms with Crippen molar-refractivity contribution in [2.45, 2.75) is 0 Å². The molecule has 8 aromatic carbocycles. The van der Waals surface area contributed by atoms with Crippen molar-refractivity contribution in [2.24, 2.45) is 0 Å². The molecule has 1 heterocycles. The molecule has 0 amide bonds.